The van der Waals surface area contributed by atoms with Gasteiger partial charge in [0.2, 0.25) is 15.9 Å². The zero-order valence-corrected chi connectivity index (χ0v) is 19.9. The molecule has 0 spiro atoms. The molecule has 32 heavy (non-hydrogen) atoms. The predicted octanol–water partition coefficient (Wildman–Crippen LogP) is 3.56. The number of carbonyl (C=O) groups is 1. The number of nitrogens with one attached hydrogen (secondary N) is 1. The molecule has 1 heterocycles. The van der Waals surface area contributed by atoms with Gasteiger partial charge < -0.3 is 9.47 Å². The van der Waals surface area contributed by atoms with E-state index in [1.807, 2.05) is 0 Å². The van der Waals surface area contributed by atoms with Gasteiger partial charge in [-0.1, -0.05) is 35.3 Å². The van der Waals surface area contributed by atoms with Crippen LogP contribution in [0.4, 0.5) is 0 Å². The summed E-state index contributed by atoms with van der Waals surface area (Å²) in [5.74, 6) is 0.156. The number of benzene rings is 2. The van der Waals surface area contributed by atoms with Crippen LogP contribution < -0.4 is 14.9 Å². The number of amides is 1. The van der Waals surface area contributed by atoms with E-state index in [4.69, 9.17) is 32.7 Å². The topological polar surface area (TPSA) is 97.3 Å². The first-order valence-corrected chi connectivity index (χ1v) is 12.0. The molecule has 172 valence electrons. The number of hydrogen-bond acceptors (Lipinski definition) is 6. The van der Waals surface area contributed by atoms with E-state index < -0.39 is 10.0 Å². The molecule has 2 aromatic carbocycles. The molecule has 0 saturated carbocycles. The van der Waals surface area contributed by atoms with Gasteiger partial charge in [-0.05, 0) is 31.0 Å². The largest absolute Gasteiger partial charge is 0.493 e. The Morgan fingerprint density at radius 1 is 1.12 bits per heavy atom. The first-order valence-electron chi connectivity index (χ1n) is 9.77. The van der Waals surface area contributed by atoms with Crippen molar-refractivity contribution in [2.24, 2.45) is 11.0 Å². The van der Waals surface area contributed by atoms with E-state index in [9.17, 15) is 13.2 Å². The van der Waals surface area contributed by atoms with Crippen molar-refractivity contribution < 1.29 is 22.7 Å². The van der Waals surface area contributed by atoms with E-state index in [-0.39, 0.29) is 29.8 Å². The maximum atomic E-state index is 13.0. The van der Waals surface area contributed by atoms with Crippen LogP contribution in [0, 0.1) is 5.92 Å². The van der Waals surface area contributed by atoms with E-state index in [0.717, 1.165) is 0 Å². The first-order chi connectivity index (χ1) is 15.3. The highest BCUT2D eigenvalue weighted by Gasteiger charge is 2.32. The van der Waals surface area contributed by atoms with E-state index in [1.165, 1.54) is 36.9 Å². The summed E-state index contributed by atoms with van der Waals surface area (Å²) in [4.78, 5) is 12.6. The lowest BCUT2D eigenvalue weighted by Gasteiger charge is -2.30. The minimum atomic E-state index is -3.72. The van der Waals surface area contributed by atoms with Gasteiger partial charge in [0.25, 0.3) is 0 Å². The van der Waals surface area contributed by atoms with Crippen LogP contribution in [-0.4, -0.2) is 52.2 Å². The Morgan fingerprint density at radius 3 is 2.47 bits per heavy atom. The number of hydrogen-bond donors (Lipinski definition) is 1. The van der Waals surface area contributed by atoms with Gasteiger partial charge in [-0.25, -0.2) is 13.8 Å². The number of carbonyl (C=O) groups excluding carboxylic acids is 1. The van der Waals surface area contributed by atoms with Crippen LogP contribution >= 0.6 is 23.2 Å². The number of methoxy groups -OCH3 is 2. The van der Waals surface area contributed by atoms with E-state index in [0.29, 0.717) is 39.9 Å². The molecule has 1 fully saturated rings. The number of nitrogens with zero attached hydrogens (tertiary/aromatic N) is 2. The number of ether oxygens (including phenoxy) is 2. The average Bonchev–Trinajstić information content (AvgIpc) is 2.81. The van der Waals surface area contributed by atoms with Crippen LogP contribution in [0.25, 0.3) is 0 Å². The molecule has 1 aliphatic heterocycles. The quantitative estimate of drug-likeness (QED) is 0.463. The van der Waals surface area contributed by atoms with Crippen LogP contribution in [0.3, 0.4) is 0 Å². The van der Waals surface area contributed by atoms with E-state index in [1.54, 1.807) is 24.3 Å². The molecule has 0 aliphatic carbocycles. The minimum absolute atomic E-state index is 0.112. The molecule has 1 saturated heterocycles. The number of piperidine rings is 1. The molecule has 11 heteroatoms. The number of hydrazone groups is 1. The van der Waals surface area contributed by atoms with Gasteiger partial charge in [0.05, 0.1) is 35.4 Å². The van der Waals surface area contributed by atoms with Crippen molar-refractivity contribution in [3.8, 4) is 11.5 Å². The maximum Gasteiger partial charge on any atom is 0.243 e. The van der Waals surface area contributed by atoms with Crippen LogP contribution in [0.2, 0.25) is 10.0 Å². The Hall–Kier alpha value is -2.33. The molecular weight excluding hydrogens is 477 g/mol. The summed E-state index contributed by atoms with van der Waals surface area (Å²) >= 11 is 12.0. The summed E-state index contributed by atoms with van der Waals surface area (Å²) < 4.78 is 37.7. The van der Waals surface area contributed by atoms with E-state index in [2.05, 4.69) is 10.5 Å². The zero-order chi connectivity index (χ0) is 23.3. The van der Waals surface area contributed by atoms with Crippen LogP contribution in [0.1, 0.15) is 18.4 Å². The van der Waals surface area contributed by atoms with Crippen molar-refractivity contribution in [2.45, 2.75) is 17.7 Å². The lowest BCUT2D eigenvalue weighted by Crippen LogP contribution is -2.42. The number of halogens is 2. The Kier molecular flexibility index (Phi) is 8.00. The van der Waals surface area contributed by atoms with Crippen molar-refractivity contribution in [1.82, 2.24) is 9.73 Å². The van der Waals surface area contributed by atoms with Crippen LogP contribution in [0.5, 0.6) is 11.5 Å². The monoisotopic (exact) mass is 499 g/mol. The number of rotatable bonds is 7. The summed E-state index contributed by atoms with van der Waals surface area (Å²) in [5, 5.41) is 4.69. The Labute approximate surface area is 197 Å². The SMILES string of the molecule is COc1ccc(S(=O)(=O)N2CCC(C(=O)N/N=C\c3cccc(Cl)c3Cl)CC2)cc1OC. The Bertz CT molecular complexity index is 1120. The van der Waals surface area contributed by atoms with Gasteiger partial charge in [0.1, 0.15) is 0 Å². The minimum Gasteiger partial charge on any atom is -0.493 e. The third kappa shape index (κ3) is 5.35. The normalized spacial score (nSPS) is 15.6. The molecule has 0 aromatic heterocycles. The van der Waals surface area contributed by atoms with Crippen molar-refractivity contribution in [2.75, 3.05) is 27.3 Å². The van der Waals surface area contributed by atoms with Crippen molar-refractivity contribution in [3.63, 3.8) is 0 Å². The van der Waals surface area contributed by atoms with Gasteiger partial charge in [-0.3, -0.25) is 4.79 Å². The molecule has 3 rings (SSSR count). The summed E-state index contributed by atoms with van der Waals surface area (Å²) in [7, 11) is -0.794. The molecule has 1 aliphatic rings. The highest BCUT2D eigenvalue weighted by Crippen LogP contribution is 2.32. The number of sulfonamides is 1. The predicted molar refractivity (Wildman–Crippen MR) is 123 cm³/mol. The second-order valence-electron chi connectivity index (χ2n) is 7.07. The van der Waals surface area contributed by atoms with Gasteiger partial charge >= 0.3 is 0 Å². The molecule has 1 N–H and O–H groups in total. The zero-order valence-electron chi connectivity index (χ0n) is 17.5. The molecule has 0 radical (unpaired) electrons. The fraction of sp³-hybridized carbons (Fsp3) is 0.333. The standard InChI is InChI=1S/C21H23Cl2N3O5S/c1-30-18-7-6-16(12-19(18)31-2)32(28,29)26-10-8-14(9-11-26)21(27)25-24-13-15-4-3-5-17(22)20(15)23/h3-7,12-14H,8-11H2,1-2H3,(H,25,27)/b24-13-. The maximum absolute atomic E-state index is 13.0. The fourth-order valence-electron chi connectivity index (χ4n) is 3.36. The molecule has 2 aromatic rings. The first kappa shape index (κ1) is 24.3. The second kappa shape index (κ2) is 10.5. The summed E-state index contributed by atoms with van der Waals surface area (Å²) in [5.41, 5.74) is 3.07. The van der Waals surface area contributed by atoms with Crippen LogP contribution in [0.15, 0.2) is 46.4 Å². The van der Waals surface area contributed by atoms with Gasteiger partial charge in [0.15, 0.2) is 11.5 Å². The summed E-state index contributed by atoms with van der Waals surface area (Å²) in [6, 6.07) is 9.57. The average molecular weight is 500 g/mol. The van der Waals surface area contributed by atoms with Crippen molar-refractivity contribution in [1.29, 1.82) is 0 Å². The van der Waals surface area contributed by atoms with E-state index >= 15 is 0 Å². The molecule has 0 atom stereocenters. The van der Waals surface area contributed by atoms with Gasteiger partial charge in [-0.2, -0.15) is 9.41 Å². The molecular formula is C21H23Cl2N3O5S. The fourth-order valence-corrected chi connectivity index (χ4v) is 5.20. The van der Waals surface area contributed by atoms with Gasteiger partial charge in [-0.15, -0.1) is 0 Å². The molecule has 0 bridgehead atoms. The van der Waals surface area contributed by atoms with Crippen LogP contribution in [-0.2, 0) is 14.8 Å². The highest BCUT2D eigenvalue weighted by molar-refractivity contribution is 7.89. The summed E-state index contributed by atoms with van der Waals surface area (Å²) in [6.07, 6.45) is 2.18. The molecule has 0 unspecified atom stereocenters. The Morgan fingerprint density at radius 2 is 1.81 bits per heavy atom. The Balaban J connectivity index is 1.60. The highest BCUT2D eigenvalue weighted by atomic mass is 35.5. The third-order valence-corrected chi connectivity index (χ3v) is 7.91. The smallest absolute Gasteiger partial charge is 0.243 e. The lowest BCUT2D eigenvalue weighted by atomic mass is 9.98. The van der Waals surface area contributed by atoms with Crippen molar-refractivity contribution in [3.05, 3.63) is 52.0 Å². The lowest BCUT2D eigenvalue weighted by molar-refractivity contribution is -0.126. The third-order valence-electron chi connectivity index (χ3n) is 5.18. The molecule has 1 amide bonds. The summed E-state index contributed by atoms with van der Waals surface area (Å²) in [6.45, 7) is 0.442. The molecule has 8 nitrogen and oxygen atoms in total. The van der Waals surface area contributed by atoms with Crippen molar-refractivity contribution >= 4 is 45.3 Å². The second-order valence-corrected chi connectivity index (χ2v) is 9.80. The van der Waals surface area contributed by atoms with Gasteiger partial charge in [0, 0.05) is 30.6 Å².